The Balaban J connectivity index is 2.94. The van der Waals surface area contributed by atoms with Crippen molar-refractivity contribution in [1.82, 2.24) is 0 Å². The highest BCUT2D eigenvalue weighted by atomic mass is 79.9. The van der Waals surface area contributed by atoms with Crippen molar-refractivity contribution >= 4 is 15.9 Å². The lowest BCUT2D eigenvalue weighted by atomic mass is 9.78. The molecule has 0 amide bonds. The molecule has 96 valence electrons. The van der Waals surface area contributed by atoms with Gasteiger partial charge in [-0.1, -0.05) is 34.1 Å². The summed E-state index contributed by atoms with van der Waals surface area (Å²) in [7, 11) is 1.65. The standard InChI is InChI=1S/C13H19BrO3/c1-17-8-4-7-13(9-15,10-16)11-5-2-3-6-12(11)14/h2-3,5-6,15-16H,4,7-10H2,1H3. The third kappa shape index (κ3) is 3.52. The molecule has 0 spiro atoms. The molecule has 0 heterocycles. The molecule has 4 heteroatoms. The van der Waals surface area contributed by atoms with Crippen LogP contribution in [-0.2, 0) is 10.2 Å². The lowest BCUT2D eigenvalue weighted by molar-refractivity contribution is 0.0964. The zero-order chi connectivity index (χ0) is 12.7. The third-order valence-electron chi connectivity index (χ3n) is 3.05. The molecule has 0 aliphatic carbocycles. The molecule has 0 atom stereocenters. The maximum Gasteiger partial charge on any atom is 0.0550 e. The fraction of sp³-hybridized carbons (Fsp3) is 0.538. The minimum atomic E-state index is -0.599. The Morgan fingerprint density at radius 3 is 2.41 bits per heavy atom. The monoisotopic (exact) mass is 302 g/mol. The van der Waals surface area contributed by atoms with Gasteiger partial charge in [-0.2, -0.15) is 0 Å². The van der Waals surface area contributed by atoms with Crippen molar-refractivity contribution in [2.75, 3.05) is 26.9 Å². The van der Waals surface area contributed by atoms with Crippen molar-refractivity contribution in [3.05, 3.63) is 34.3 Å². The summed E-state index contributed by atoms with van der Waals surface area (Å²) < 4.78 is 5.93. The van der Waals surface area contributed by atoms with E-state index in [9.17, 15) is 10.2 Å². The summed E-state index contributed by atoms with van der Waals surface area (Å²) in [6, 6.07) is 7.69. The summed E-state index contributed by atoms with van der Waals surface area (Å²) >= 11 is 3.47. The first-order chi connectivity index (χ1) is 8.20. The Morgan fingerprint density at radius 1 is 1.24 bits per heavy atom. The molecule has 3 nitrogen and oxygen atoms in total. The van der Waals surface area contributed by atoms with Gasteiger partial charge in [0.15, 0.2) is 0 Å². The van der Waals surface area contributed by atoms with Crippen molar-refractivity contribution in [3.8, 4) is 0 Å². The first kappa shape index (κ1) is 14.6. The van der Waals surface area contributed by atoms with Crippen molar-refractivity contribution in [3.63, 3.8) is 0 Å². The largest absolute Gasteiger partial charge is 0.395 e. The lowest BCUT2D eigenvalue weighted by Gasteiger charge is -2.31. The second-order valence-corrected chi connectivity index (χ2v) is 5.03. The van der Waals surface area contributed by atoms with Crippen LogP contribution in [0.25, 0.3) is 0 Å². The highest BCUT2D eigenvalue weighted by Gasteiger charge is 2.32. The minimum absolute atomic E-state index is 0.0736. The summed E-state index contributed by atoms with van der Waals surface area (Å²) in [5.41, 5.74) is 0.347. The van der Waals surface area contributed by atoms with E-state index in [0.29, 0.717) is 13.0 Å². The summed E-state index contributed by atoms with van der Waals surface area (Å²) in [6.07, 6.45) is 1.50. The van der Waals surface area contributed by atoms with Crippen LogP contribution in [0.4, 0.5) is 0 Å². The molecule has 0 radical (unpaired) electrons. The van der Waals surface area contributed by atoms with Crippen LogP contribution in [-0.4, -0.2) is 37.1 Å². The summed E-state index contributed by atoms with van der Waals surface area (Å²) in [5, 5.41) is 19.3. The number of hydrogen-bond acceptors (Lipinski definition) is 3. The highest BCUT2D eigenvalue weighted by Crippen LogP contribution is 2.33. The molecule has 0 bridgehead atoms. The van der Waals surface area contributed by atoms with E-state index in [2.05, 4.69) is 15.9 Å². The predicted molar refractivity (Wildman–Crippen MR) is 71.1 cm³/mol. The quantitative estimate of drug-likeness (QED) is 0.758. The van der Waals surface area contributed by atoms with Crippen molar-refractivity contribution in [1.29, 1.82) is 0 Å². The number of rotatable bonds is 7. The Bertz CT molecular complexity index is 337. The summed E-state index contributed by atoms with van der Waals surface area (Å²) in [6.45, 7) is 0.484. The molecule has 1 aromatic rings. The molecule has 1 aromatic carbocycles. The molecule has 0 fully saturated rings. The summed E-state index contributed by atoms with van der Waals surface area (Å²) in [5.74, 6) is 0. The fourth-order valence-electron chi connectivity index (χ4n) is 1.96. The van der Waals surface area contributed by atoms with E-state index in [1.807, 2.05) is 24.3 Å². The van der Waals surface area contributed by atoms with Crippen LogP contribution in [0.3, 0.4) is 0 Å². The van der Waals surface area contributed by atoms with Crippen LogP contribution >= 0.6 is 15.9 Å². The number of ether oxygens (including phenoxy) is 1. The van der Waals surface area contributed by atoms with E-state index in [1.165, 1.54) is 0 Å². The average molecular weight is 303 g/mol. The Morgan fingerprint density at radius 2 is 1.88 bits per heavy atom. The Kier molecular flexibility index (Phi) is 6.12. The van der Waals surface area contributed by atoms with Crippen molar-refractivity contribution in [2.45, 2.75) is 18.3 Å². The van der Waals surface area contributed by atoms with Gasteiger partial charge in [0.25, 0.3) is 0 Å². The molecule has 2 N–H and O–H groups in total. The molecule has 0 saturated carbocycles. The molecule has 0 saturated heterocycles. The van der Waals surface area contributed by atoms with E-state index >= 15 is 0 Å². The second kappa shape index (κ2) is 7.11. The van der Waals surface area contributed by atoms with Crippen LogP contribution < -0.4 is 0 Å². The van der Waals surface area contributed by atoms with E-state index in [-0.39, 0.29) is 13.2 Å². The number of methoxy groups -OCH3 is 1. The van der Waals surface area contributed by atoms with E-state index in [1.54, 1.807) is 7.11 Å². The highest BCUT2D eigenvalue weighted by molar-refractivity contribution is 9.10. The number of hydrogen-bond donors (Lipinski definition) is 2. The average Bonchev–Trinajstić information content (AvgIpc) is 2.36. The van der Waals surface area contributed by atoms with Gasteiger partial charge in [0.2, 0.25) is 0 Å². The molecular formula is C13H19BrO3. The molecule has 0 aromatic heterocycles. The van der Waals surface area contributed by atoms with Gasteiger partial charge in [-0.25, -0.2) is 0 Å². The smallest absolute Gasteiger partial charge is 0.0550 e. The fourth-order valence-corrected chi connectivity index (χ4v) is 2.66. The van der Waals surface area contributed by atoms with Gasteiger partial charge in [0, 0.05) is 23.6 Å². The zero-order valence-corrected chi connectivity index (χ0v) is 11.6. The first-order valence-corrected chi connectivity index (χ1v) is 6.45. The SMILES string of the molecule is COCCCC(CO)(CO)c1ccccc1Br. The number of benzene rings is 1. The summed E-state index contributed by atoms with van der Waals surface area (Å²) in [4.78, 5) is 0. The van der Waals surface area contributed by atoms with Gasteiger partial charge in [-0.3, -0.25) is 0 Å². The lowest BCUT2D eigenvalue weighted by Crippen LogP contribution is -2.35. The van der Waals surface area contributed by atoms with Crippen LogP contribution in [0.2, 0.25) is 0 Å². The van der Waals surface area contributed by atoms with E-state index < -0.39 is 5.41 Å². The van der Waals surface area contributed by atoms with Gasteiger partial charge >= 0.3 is 0 Å². The zero-order valence-electron chi connectivity index (χ0n) is 10.0. The van der Waals surface area contributed by atoms with Crippen LogP contribution in [0.15, 0.2) is 28.7 Å². The van der Waals surface area contributed by atoms with Crippen LogP contribution in [0.5, 0.6) is 0 Å². The van der Waals surface area contributed by atoms with Gasteiger partial charge < -0.3 is 14.9 Å². The molecular weight excluding hydrogens is 284 g/mol. The maximum absolute atomic E-state index is 9.63. The van der Waals surface area contributed by atoms with Crippen molar-refractivity contribution in [2.24, 2.45) is 0 Å². The van der Waals surface area contributed by atoms with Crippen molar-refractivity contribution < 1.29 is 14.9 Å². The molecule has 0 aliphatic heterocycles. The van der Waals surface area contributed by atoms with Gasteiger partial charge in [0.1, 0.15) is 0 Å². The number of aliphatic hydroxyl groups is 2. The molecule has 0 aliphatic rings. The molecule has 0 unspecified atom stereocenters. The normalized spacial score (nSPS) is 11.8. The predicted octanol–water partition coefficient (Wildman–Crippen LogP) is 2.10. The molecule has 1 rings (SSSR count). The van der Waals surface area contributed by atoms with Gasteiger partial charge in [-0.05, 0) is 24.5 Å². The number of halogens is 1. The second-order valence-electron chi connectivity index (χ2n) is 4.17. The van der Waals surface area contributed by atoms with Gasteiger partial charge in [-0.15, -0.1) is 0 Å². The van der Waals surface area contributed by atoms with Gasteiger partial charge in [0.05, 0.1) is 13.2 Å². The maximum atomic E-state index is 9.63. The Labute approximate surface area is 111 Å². The van der Waals surface area contributed by atoms with Crippen LogP contribution in [0.1, 0.15) is 18.4 Å². The third-order valence-corrected chi connectivity index (χ3v) is 3.75. The first-order valence-electron chi connectivity index (χ1n) is 5.66. The minimum Gasteiger partial charge on any atom is -0.395 e. The topological polar surface area (TPSA) is 49.7 Å². The molecule has 17 heavy (non-hydrogen) atoms. The van der Waals surface area contributed by atoms with Crippen LogP contribution in [0, 0.1) is 0 Å². The van der Waals surface area contributed by atoms with E-state index in [4.69, 9.17) is 4.74 Å². The number of aliphatic hydroxyl groups excluding tert-OH is 2. The Hall–Kier alpha value is -0.420. The van der Waals surface area contributed by atoms with E-state index in [0.717, 1.165) is 16.5 Å².